The van der Waals surface area contributed by atoms with Crippen LogP contribution in [0.1, 0.15) is 18.4 Å². The molecule has 1 fully saturated rings. The van der Waals surface area contributed by atoms with E-state index in [0.29, 0.717) is 31.7 Å². The van der Waals surface area contributed by atoms with Gasteiger partial charge in [0.1, 0.15) is 0 Å². The number of nitrogens with one attached hydrogen (secondary N) is 1. The summed E-state index contributed by atoms with van der Waals surface area (Å²) >= 11 is 0. The fraction of sp³-hybridized carbons (Fsp3) is 0.538. The van der Waals surface area contributed by atoms with Crippen molar-refractivity contribution in [3.05, 3.63) is 29.8 Å². The molecule has 0 saturated carbocycles. The van der Waals surface area contributed by atoms with Crippen LogP contribution < -0.4 is 5.32 Å². The smallest absolute Gasteiger partial charge is 0.388 e. The predicted octanol–water partition coefficient (Wildman–Crippen LogP) is 2.66. The van der Waals surface area contributed by atoms with E-state index in [2.05, 4.69) is 5.32 Å². The van der Waals surface area contributed by atoms with Crippen LogP contribution in [0.2, 0.25) is 0 Å². The summed E-state index contributed by atoms with van der Waals surface area (Å²) < 4.78 is 42.8. The molecule has 2 N–H and O–H groups in total. The van der Waals surface area contributed by atoms with Crippen LogP contribution in [-0.2, 0) is 10.9 Å². The van der Waals surface area contributed by atoms with Crippen molar-refractivity contribution in [3.63, 3.8) is 0 Å². The number of hydrogen-bond acceptors (Lipinski definition) is 3. The SMILES string of the molecule is OC1(CNc2cccc(C(F)(F)F)c2)CCOCC1. The van der Waals surface area contributed by atoms with Gasteiger partial charge in [0.05, 0.1) is 11.2 Å². The lowest BCUT2D eigenvalue weighted by Gasteiger charge is -2.32. The van der Waals surface area contributed by atoms with Gasteiger partial charge < -0.3 is 15.2 Å². The van der Waals surface area contributed by atoms with Crippen molar-refractivity contribution in [2.24, 2.45) is 0 Å². The molecule has 1 aromatic carbocycles. The highest BCUT2D eigenvalue weighted by molar-refractivity contribution is 5.46. The molecule has 0 unspecified atom stereocenters. The van der Waals surface area contributed by atoms with Gasteiger partial charge in [0.15, 0.2) is 0 Å². The van der Waals surface area contributed by atoms with Crippen molar-refractivity contribution in [1.82, 2.24) is 0 Å². The van der Waals surface area contributed by atoms with Crippen molar-refractivity contribution in [1.29, 1.82) is 0 Å². The minimum absolute atomic E-state index is 0.220. The van der Waals surface area contributed by atoms with Gasteiger partial charge in [-0.25, -0.2) is 0 Å². The number of aliphatic hydroxyl groups is 1. The first-order valence-corrected chi connectivity index (χ1v) is 6.10. The maximum absolute atomic E-state index is 12.5. The van der Waals surface area contributed by atoms with Crippen LogP contribution in [0.5, 0.6) is 0 Å². The van der Waals surface area contributed by atoms with Crippen LogP contribution in [0.3, 0.4) is 0 Å². The van der Waals surface area contributed by atoms with Gasteiger partial charge in [-0.2, -0.15) is 13.2 Å². The summed E-state index contributed by atoms with van der Waals surface area (Å²) in [5, 5.41) is 13.1. The summed E-state index contributed by atoms with van der Waals surface area (Å²) in [6, 6.07) is 4.97. The van der Waals surface area contributed by atoms with Crippen molar-refractivity contribution >= 4 is 5.69 Å². The van der Waals surface area contributed by atoms with Crippen LogP contribution in [0.15, 0.2) is 24.3 Å². The number of benzene rings is 1. The van der Waals surface area contributed by atoms with E-state index in [9.17, 15) is 18.3 Å². The number of rotatable bonds is 3. The molecule has 1 aliphatic heterocycles. The van der Waals surface area contributed by atoms with Crippen molar-refractivity contribution in [3.8, 4) is 0 Å². The van der Waals surface area contributed by atoms with E-state index in [4.69, 9.17) is 4.74 Å². The van der Waals surface area contributed by atoms with E-state index < -0.39 is 17.3 Å². The third-order valence-electron chi connectivity index (χ3n) is 3.23. The van der Waals surface area contributed by atoms with E-state index in [-0.39, 0.29) is 6.54 Å². The Morgan fingerprint density at radius 1 is 1.26 bits per heavy atom. The highest BCUT2D eigenvalue weighted by Gasteiger charge is 2.31. The molecule has 0 aromatic heterocycles. The fourth-order valence-corrected chi connectivity index (χ4v) is 2.00. The molecule has 2 rings (SSSR count). The van der Waals surface area contributed by atoms with Crippen LogP contribution in [0, 0.1) is 0 Å². The number of alkyl halides is 3. The Bertz CT molecular complexity index is 428. The summed E-state index contributed by atoms with van der Waals surface area (Å²) in [5.74, 6) is 0. The lowest BCUT2D eigenvalue weighted by molar-refractivity contribution is -0.137. The average Bonchev–Trinajstić information content (AvgIpc) is 2.37. The average molecular weight is 275 g/mol. The third kappa shape index (κ3) is 3.84. The molecule has 0 atom stereocenters. The van der Waals surface area contributed by atoms with Crippen molar-refractivity contribution in [2.75, 3.05) is 25.1 Å². The second-order valence-electron chi connectivity index (χ2n) is 4.77. The van der Waals surface area contributed by atoms with E-state index >= 15 is 0 Å². The maximum atomic E-state index is 12.5. The zero-order chi connectivity index (χ0) is 13.9. The molecule has 0 radical (unpaired) electrons. The number of hydrogen-bond donors (Lipinski definition) is 2. The molecule has 106 valence electrons. The Balaban J connectivity index is 1.99. The summed E-state index contributed by atoms with van der Waals surface area (Å²) in [6.45, 7) is 1.17. The maximum Gasteiger partial charge on any atom is 0.416 e. The molecule has 1 heterocycles. The lowest BCUT2D eigenvalue weighted by atomic mass is 9.94. The van der Waals surface area contributed by atoms with Gasteiger partial charge in [0.25, 0.3) is 0 Å². The first-order valence-electron chi connectivity index (χ1n) is 6.10. The molecule has 3 nitrogen and oxygen atoms in total. The molecule has 1 saturated heterocycles. The second-order valence-corrected chi connectivity index (χ2v) is 4.77. The van der Waals surface area contributed by atoms with Gasteiger partial charge in [0, 0.05) is 38.3 Å². The van der Waals surface area contributed by atoms with Gasteiger partial charge in [0.2, 0.25) is 0 Å². The van der Waals surface area contributed by atoms with Gasteiger partial charge >= 0.3 is 6.18 Å². The van der Waals surface area contributed by atoms with Crippen molar-refractivity contribution < 1.29 is 23.0 Å². The van der Waals surface area contributed by atoms with E-state index in [0.717, 1.165) is 12.1 Å². The second kappa shape index (κ2) is 5.38. The molecule has 0 spiro atoms. The quantitative estimate of drug-likeness (QED) is 0.891. The summed E-state index contributed by atoms with van der Waals surface area (Å²) in [4.78, 5) is 0. The molecule has 0 amide bonds. The van der Waals surface area contributed by atoms with E-state index in [1.54, 1.807) is 6.07 Å². The molecule has 0 aliphatic carbocycles. The lowest BCUT2D eigenvalue weighted by Crippen LogP contribution is -2.42. The Kier molecular flexibility index (Phi) is 4.01. The summed E-state index contributed by atoms with van der Waals surface area (Å²) in [6.07, 6.45) is -3.38. The van der Waals surface area contributed by atoms with E-state index in [1.165, 1.54) is 6.07 Å². The normalized spacial score (nSPS) is 19.2. The Morgan fingerprint density at radius 2 is 1.95 bits per heavy atom. The van der Waals surface area contributed by atoms with Gasteiger partial charge in [-0.05, 0) is 18.2 Å². The minimum atomic E-state index is -4.35. The molecular weight excluding hydrogens is 259 g/mol. The van der Waals surface area contributed by atoms with E-state index in [1.807, 2.05) is 0 Å². The first kappa shape index (κ1) is 14.1. The fourth-order valence-electron chi connectivity index (χ4n) is 2.00. The standard InChI is InChI=1S/C13H16F3NO2/c14-13(15,16)10-2-1-3-11(8-10)17-9-12(18)4-6-19-7-5-12/h1-3,8,17-18H,4-7,9H2. The molecule has 0 bridgehead atoms. The largest absolute Gasteiger partial charge is 0.416 e. The van der Waals surface area contributed by atoms with Crippen LogP contribution in [-0.4, -0.2) is 30.5 Å². The zero-order valence-corrected chi connectivity index (χ0v) is 10.3. The topological polar surface area (TPSA) is 41.5 Å². The third-order valence-corrected chi connectivity index (χ3v) is 3.23. The highest BCUT2D eigenvalue weighted by atomic mass is 19.4. The highest BCUT2D eigenvalue weighted by Crippen LogP contribution is 2.31. The van der Waals surface area contributed by atoms with Crippen molar-refractivity contribution in [2.45, 2.75) is 24.6 Å². The Labute approximate surface area is 109 Å². The molecule has 1 aliphatic rings. The van der Waals surface area contributed by atoms with Crippen LogP contribution >= 0.6 is 0 Å². The number of halogens is 3. The van der Waals surface area contributed by atoms with Crippen LogP contribution in [0.25, 0.3) is 0 Å². The molecule has 19 heavy (non-hydrogen) atoms. The van der Waals surface area contributed by atoms with Gasteiger partial charge in [-0.1, -0.05) is 6.07 Å². The van der Waals surface area contributed by atoms with Crippen LogP contribution in [0.4, 0.5) is 18.9 Å². The predicted molar refractivity (Wildman–Crippen MR) is 64.9 cm³/mol. The Hall–Kier alpha value is -1.27. The van der Waals surface area contributed by atoms with Gasteiger partial charge in [-0.3, -0.25) is 0 Å². The van der Waals surface area contributed by atoms with Gasteiger partial charge in [-0.15, -0.1) is 0 Å². The molecule has 6 heteroatoms. The first-order chi connectivity index (χ1) is 8.89. The zero-order valence-electron chi connectivity index (χ0n) is 10.3. The molecule has 1 aromatic rings. The number of anilines is 1. The summed E-state index contributed by atoms with van der Waals surface area (Å²) in [5.41, 5.74) is -1.25. The summed E-state index contributed by atoms with van der Waals surface area (Å²) in [7, 11) is 0. The Morgan fingerprint density at radius 3 is 2.58 bits per heavy atom. The minimum Gasteiger partial charge on any atom is -0.388 e. The molecular formula is C13H16F3NO2. The monoisotopic (exact) mass is 275 g/mol. The number of ether oxygens (including phenoxy) is 1.